The van der Waals surface area contributed by atoms with Crippen LogP contribution in [0.25, 0.3) is 21.9 Å². The number of nitrogens with zero attached hydrogens (tertiary/aromatic N) is 4. The Hall–Kier alpha value is -3.20. The van der Waals surface area contributed by atoms with Crippen molar-refractivity contribution in [3.05, 3.63) is 54.7 Å². The van der Waals surface area contributed by atoms with Gasteiger partial charge in [0.05, 0.1) is 17.3 Å². The van der Waals surface area contributed by atoms with E-state index in [1.165, 1.54) is 0 Å². The molecule has 2 heterocycles. The van der Waals surface area contributed by atoms with Gasteiger partial charge in [0.1, 0.15) is 12.2 Å². The van der Waals surface area contributed by atoms with E-state index < -0.39 is 10.0 Å². The second-order valence-corrected chi connectivity index (χ2v) is 7.63. The molecule has 2 aromatic heterocycles. The van der Waals surface area contributed by atoms with Crippen molar-refractivity contribution < 1.29 is 8.42 Å². The molecule has 0 fully saturated rings. The number of anilines is 2. The Morgan fingerprint density at radius 1 is 1.04 bits per heavy atom. The van der Waals surface area contributed by atoms with E-state index in [-0.39, 0.29) is 0 Å². The van der Waals surface area contributed by atoms with Gasteiger partial charge >= 0.3 is 0 Å². The van der Waals surface area contributed by atoms with E-state index in [1.54, 1.807) is 35.1 Å². The standard InChI is InChI=1S/C17H16N6O2S/c1-26(24,25)21-13-6-4-12(5-7-13)19-11-23-16-9-8-15-14(3-2-10-18-15)17(16)20-22-23/h2-10,19,21H,11H2,1H3. The van der Waals surface area contributed by atoms with Gasteiger partial charge in [0, 0.05) is 23.0 Å². The third-order valence-electron chi connectivity index (χ3n) is 3.89. The molecule has 132 valence electrons. The summed E-state index contributed by atoms with van der Waals surface area (Å²) in [6.07, 6.45) is 2.87. The number of fused-ring (bicyclic) bond motifs is 3. The summed E-state index contributed by atoms with van der Waals surface area (Å²) in [6, 6.07) is 14.7. The number of sulfonamides is 1. The van der Waals surface area contributed by atoms with Crippen LogP contribution in [0, 0.1) is 0 Å². The molecule has 2 N–H and O–H groups in total. The largest absolute Gasteiger partial charge is 0.366 e. The van der Waals surface area contributed by atoms with Crippen LogP contribution in [-0.4, -0.2) is 34.7 Å². The summed E-state index contributed by atoms with van der Waals surface area (Å²) in [6.45, 7) is 0.432. The lowest BCUT2D eigenvalue weighted by Gasteiger charge is -2.09. The molecular formula is C17H16N6O2S. The van der Waals surface area contributed by atoms with E-state index in [9.17, 15) is 8.42 Å². The zero-order valence-electron chi connectivity index (χ0n) is 13.9. The van der Waals surface area contributed by atoms with Crippen LogP contribution in [0.1, 0.15) is 0 Å². The highest BCUT2D eigenvalue weighted by Gasteiger charge is 2.08. The molecule has 0 atom stereocenters. The van der Waals surface area contributed by atoms with Gasteiger partial charge in [-0.2, -0.15) is 0 Å². The lowest BCUT2D eigenvalue weighted by atomic mass is 10.2. The number of nitrogens with one attached hydrogen (secondary N) is 2. The van der Waals surface area contributed by atoms with Gasteiger partial charge in [-0.25, -0.2) is 13.1 Å². The van der Waals surface area contributed by atoms with Crippen molar-refractivity contribution in [2.75, 3.05) is 16.3 Å². The first-order valence-corrected chi connectivity index (χ1v) is 9.77. The fraction of sp³-hybridized carbons (Fsp3) is 0.118. The maximum Gasteiger partial charge on any atom is 0.229 e. The van der Waals surface area contributed by atoms with E-state index in [0.29, 0.717) is 12.4 Å². The Bertz CT molecular complexity index is 1190. The van der Waals surface area contributed by atoms with E-state index in [4.69, 9.17) is 0 Å². The first kappa shape index (κ1) is 16.3. The average Bonchev–Trinajstić information content (AvgIpc) is 3.03. The Labute approximate surface area is 149 Å². The van der Waals surface area contributed by atoms with Crippen molar-refractivity contribution in [3.8, 4) is 0 Å². The molecule has 9 heteroatoms. The molecule has 0 aliphatic carbocycles. The van der Waals surface area contributed by atoms with Crippen LogP contribution < -0.4 is 10.0 Å². The lowest BCUT2D eigenvalue weighted by molar-refractivity contribution is 0.607. The number of rotatable bonds is 5. The summed E-state index contributed by atoms with van der Waals surface area (Å²) in [5.41, 5.74) is 3.96. The highest BCUT2D eigenvalue weighted by molar-refractivity contribution is 7.92. The zero-order chi connectivity index (χ0) is 18.1. The molecule has 26 heavy (non-hydrogen) atoms. The number of benzene rings is 2. The second kappa shape index (κ2) is 6.26. The molecular weight excluding hydrogens is 352 g/mol. The summed E-state index contributed by atoms with van der Waals surface area (Å²) in [5, 5.41) is 12.7. The smallest absolute Gasteiger partial charge is 0.229 e. The molecule has 8 nitrogen and oxygen atoms in total. The second-order valence-electron chi connectivity index (χ2n) is 5.88. The SMILES string of the molecule is CS(=O)(=O)Nc1ccc(NCn2nnc3c4cccnc4ccc32)cc1. The summed E-state index contributed by atoms with van der Waals surface area (Å²) in [4.78, 5) is 4.33. The predicted octanol–water partition coefficient (Wildman–Crippen LogP) is 2.42. The molecule has 4 aromatic rings. The Kier molecular flexibility index (Phi) is 3.92. The van der Waals surface area contributed by atoms with Gasteiger partial charge in [0.25, 0.3) is 0 Å². The molecule has 0 amide bonds. The maximum atomic E-state index is 11.2. The minimum absolute atomic E-state index is 0.432. The highest BCUT2D eigenvalue weighted by atomic mass is 32.2. The molecule has 2 aromatic carbocycles. The minimum Gasteiger partial charge on any atom is -0.366 e. The molecule has 4 rings (SSSR count). The van der Waals surface area contributed by atoms with Crippen molar-refractivity contribution >= 4 is 43.3 Å². The average molecular weight is 368 g/mol. The molecule has 0 saturated carbocycles. The monoisotopic (exact) mass is 368 g/mol. The van der Waals surface area contributed by atoms with Gasteiger partial charge < -0.3 is 5.32 Å². The Morgan fingerprint density at radius 3 is 2.58 bits per heavy atom. The zero-order valence-corrected chi connectivity index (χ0v) is 14.7. The fourth-order valence-corrected chi connectivity index (χ4v) is 3.30. The van der Waals surface area contributed by atoms with Crippen LogP contribution >= 0.6 is 0 Å². The van der Waals surface area contributed by atoms with Crippen LogP contribution in [0.15, 0.2) is 54.7 Å². The summed E-state index contributed by atoms with van der Waals surface area (Å²) in [5.74, 6) is 0. The third kappa shape index (κ3) is 3.29. The Morgan fingerprint density at radius 2 is 1.81 bits per heavy atom. The van der Waals surface area contributed by atoms with Gasteiger partial charge in [-0.1, -0.05) is 5.21 Å². The summed E-state index contributed by atoms with van der Waals surface area (Å²) < 4.78 is 26.7. The van der Waals surface area contributed by atoms with Crippen LogP contribution in [-0.2, 0) is 16.7 Å². The van der Waals surface area contributed by atoms with Gasteiger partial charge in [-0.3, -0.25) is 9.71 Å². The summed E-state index contributed by atoms with van der Waals surface area (Å²) >= 11 is 0. The third-order valence-corrected chi connectivity index (χ3v) is 4.49. The molecule has 0 unspecified atom stereocenters. The van der Waals surface area contributed by atoms with Crippen LogP contribution in [0.3, 0.4) is 0 Å². The van der Waals surface area contributed by atoms with Crippen LogP contribution in [0.4, 0.5) is 11.4 Å². The van der Waals surface area contributed by atoms with Crippen molar-refractivity contribution in [1.82, 2.24) is 20.0 Å². The van der Waals surface area contributed by atoms with Gasteiger partial charge in [0.15, 0.2) is 0 Å². The maximum absolute atomic E-state index is 11.2. The van der Waals surface area contributed by atoms with Gasteiger partial charge in [0.2, 0.25) is 10.0 Å². The van der Waals surface area contributed by atoms with E-state index in [1.807, 2.05) is 24.3 Å². The van der Waals surface area contributed by atoms with Crippen molar-refractivity contribution in [1.29, 1.82) is 0 Å². The first-order chi connectivity index (χ1) is 12.5. The van der Waals surface area contributed by atoms with E-state index in [2.05, 4.69) is 25.3 Å². The lowest BCUT2D eigenvalue weighted by Crippen LogP contribution is -2.11. The molecule has 0 aliphatic heterocycles. The molecule has 0 bridgehead atoms. The molecule has 0 radical (unpaired) electrons. The number of pyridine rings is 1. The van der Waals surface area contributed by atoms with Gasteiger partial charge in [-0.15, -0.1) is 5.10 Å². The number of aromatic nitrogens is 4. The molecule has 0 saturated heterocycles. The number of hydrogen-bond donors (Lipinski definition) is 2. The van der Waals surface area contributed by atoms with Crippen molar-refractivity contribution in [2.24, 2.45) is 0 Å². The van der Waals surface area contributed by atoms with Crippen molar-refractivity contribution in [3.63, 3.8) is 0 Å². The first-order valence-electron chi connectivity index (χ1n) is 7.88. The fourth-order valence-electron chi connectivity index (χ4n) is 2.74. The highest BCUT2D eigenvalue weighted by Crippen LogP contribution is 2.22. The normalized spacial score (nSPS) is 11.7. The quantitative estimate of drug-likeness (QED) is 0.561. The molecule has 0 aliphatic rings. The van der Waals surface area contributed by atoms with E-state index >= 15 is 0 Å². The van der Waals surface area contributed by atoms with Gasteiger partial charge in [-0.05, 0) is 48.5 Å². The Balaban J connectivity index is 1.54. The summed E-state index contributed by atoms with van der Waals surface area (Å²) in [7, 11) is -3.28. The minimum atomic E-state index is -3.28. The topological polar surface area (TPSA) is 102 Å². The van der Waals surface area contributed by atoms with Crippen LogP contribution in [0.5, 0.6) is 0 Å². The predicted molar refractivity (Wildman–Crippen MR) is 101 cm³/mol. The van der Waals surface area contributed by atoms with Crippen LogP contribution in [0.2, 0.25) is 0 Å². The molecule has 0 spiro atoms. The van der Waals surface area contributed by atoms with E-state index in [0.717, 1.165) is 33.9 Å². The number of hydrogen-bond acceptors (Lipinski definition) is 6. The van der Waals surface area contributed by atoms with Crippen molar-refractivity contribution in [2.45, 2.75) is 6.67 Å².